The number of benzene rings is 1. The Morgan fingerprint density at radius 3 is 2.78 bits per heavy atom. The van der Waals surface area contributed by atoms with E-state index in [1.165, 1.54) is 37.7 Å². The van der Waals surface area contributed by atoms with Crippen molar-refractivity contribution < 1.29 is 9.53 Å². The molecule has 1 aliphatic rings. The zero-order valence-electron chi connectivity index (χ0n) is 14.5. The van der Waals surface area contributed by atoms with Crippen molar-refractivity contribution in [3.05, 3.63) is 29.8 Å². The Balaban J connectivity index is 1.65. The van der Waals surface area contributed by atoms with E-state index in [1.54, 1.807) is 0 Å². The van der Waals surface area contributed by atoms with Crippen LogP contribution in [0.4, 0.5) is 0 Å². The van der Waals surface area contributed by atoms with E-state index in [1.807, 2.05) is 31.2 Å². The lowest BCUT2D eigenvalue weighted by Gasteiger charge is -2.32. The molecule has 0 radical (unpaired) electrons. The van der Waals surface area contributed by atoms with Crippen LogP contribution in [0.25, 0.3) is 0 Å². The molecule has 0 unspecified atom stereocenters. The van der Waals surface area contributed by atoms with Crippen LogP contribution in [-0.4, -0.2) is 43.1 Å². The normalized spacial score (nSPS) is 15.6. The average Bonchev–Trinajstić information content (AvgIpc) is 2.57. The second-order valence-electron chi connectivity index (χ2n) is 6.37. The second-order valence-corrected chi connectivity index (χ2v) is 6.37. The largest absolute Gasteiger partial charge is 0.492 e. The average molecular weight is 318 g/mol. The first-order chi connectivity index (χ1) is 11.2. The molecule has 128 valence electrons. The van der Waals surface area contributed by atoms with Gasteiger partial charge in [0.1, 0.15) is 12.4 Å². The number of carbonyl (C=O) groups excluding carboxylic acids is 1. The Morgan fingerprint density at radius 2 is 2.09 bits per heavy atom. The molecule has 2 rings (SSSR count). The zero-order valence-corrected chi connectivity index (χ0v) is 14.5. The van der Waals surface area contributed by atoms with Gasteiger partial charge >= 0.3 is 0 Å². The van der Waals surface area contributed by atoms with Crippen LogP contribution in [0.15, 0.2) is 24.3 Å². The summed E-state index contributed by atoms with van der Waals surface area (Å²) in [4.78, 5) is 14.4. The van der Waals surface area contributed by atoms with Gasteiger partial charge in [0.05, 0.1) is 13.1 Å². The van der Waals surface area contributed by atoms with Crippen molar-refractivity contribution in [1.82, 2.24) is 10.2 Å². The summed E-state index contributed by atoms with van der Waals surface area (Å²) in [6.07, 6.45) is 6.41. The lowest BCUT2D eigenvalue weighted by atomic mass is 9.94. The summed E-state index contributed by atoms with van der Waals surface area (Å²) in [5.74, 6) is 0.960. The molecule has 0 bridgehead atoms. The van der Waals surface area contributed by atoms with Gasteiger partial charge in [0.25, 0.3) is 0 Å². The summed E-state index contributed by atoms with van der Waals surface area (Å²) < 4.78 is 5.66. The van der Waals surface area contributed by atoms with Crippen LogP contribution in [-0.2, 0) is 4.79 Å². The fourth-order valence-corrected chi connectivity index (χ4v) is 3.25. The van der Waals surface area contributed by atoms with Crippen LogP contribution >= 0.6 is 0 Å². The minimum atomic E-state index is 0.102. The van der Waals surface area contributed by atoms with Gasteiger partial charge in [0.2, 0.25) is 5.91 Å². The van der Waals surface area contributed by atoms with E-state index in [0.717, 1.165) is 12.3 Å². The smallest absolute Gasteiger partial charge is 0.234 e. The van der Waals surface area contributed by atoms with E-state index in [2.05, 4.69) is 17.1 Å². The van der Waals surface area contributed by atoms with Crippen molar-refractivity contribution in [1.29, 1.82) is 0 Å². The molecule has 0 saturated heterocycles. The van der Waals surface area contributed by atoms with E-state index in [9.17, 15) is 4.79 Å². The molecule has 1 aromatic rings. The number of ether oxygens (including phenoxy) is 1. The van der Waals surface area contributed by atoms with E-state index < -0.39 is 0 Å². The SMILES string of the molecule is CCN(CC(=O)NCCOc1cccc(C)c1)C1CCCCC1. The number of hydrogen-bond acceptors (Lipinski definition) is 3. The van der Waals surface area contributed by atoms with Gasteiger partial charge in [0.15, 0.2) is 0 Å². The van der Waals surface area contributed by atoms with Crippen molar-refractivity contribution in [2.24, 2.45) is 0 Å². The predicted molar refractivity (Wildman–Crippen MR) is 93.8 cm³/mol. The molecule has 23 heavy (non-hydrogen) atoms. The lowest BCUT2D eigenvalue weighted by Crippen LogP contribution is -2.44. The van der Waals surface area contributed by atoms with Crippen molar-refractivity contribution in [3.8, 4) is 5.75 Å². The Labute approximate surface area is 140 Å². The number of nitrogens with zero attached hydrogens (tertiary/aromatic N) is 1. The highest BCUT2D eigenvalue weighted by Crippen LogP contribution is 2.22. The topological polar surface area (TPSA) is 41.6 Å². The first kappa shape index (κ1) is 17.8. The van der Waals surface area contributed by atoms with Crippen molar-refractivity contribution >= 4 is 5.91 Å². The summed E-state index contributed by atoms with van der Waals surface area (Å²) >= 11 is 0. The van der Waals surface area contributed by atoms with E-state index >= 15 is 0 Å². The molecule has 1 saturated carbocycles. The molecule has 4 heteroatoms. The first-order valence-electron chi connectivity index (χ1n) is 8.89. The van der Waals surface area contributed by atoms with Crippen LogP contribution in [0.1, 0.15) is 44.6 Å². The molecule has 1 N–H and O–H groups in total. The highest BCUT2D eigenvalue weighted by molar-refractivity contribution is 5.78. The van der Waals surface area contributed by atoms with Gasteiger partial charge in [-0.3, -0.25) is 9.69 Å². The second kappa shape index (κ2) is 9.56. The van der Waals surface area contributed by atoms with Crippen LogP contribution in [0.3, 0.4) is 0 Å². The first-order valence-corrected chi connectivity index (χ1v) is 8.89. The molecule has 0 spiro atoms. The molecular formula is C19H30N2O2. The molecule has 1 aliphatic carbocycles. The molecule has 0 heterocycles. The maximum Gasteiger partial charge on any atom is 0.234 e. The minimum Gasteiger partial charge on any atom is -0.492 e. The van der Waals surface area contributed by atoms with Gasteiger partial charge in [-0.15, -0.1) is 0 Å². The van der Waals surface area contributed by atoms with E-state index in [0.29, 0.717) is 25.7 Å². The van der Waals surface area contributed by atoms with Gasteiger partial charge in [-0.1, -0.05) is 38.3 Å². The van der Waals surface area contributed by atoms with Crippen LogP contribution < -0.4 is 10.1 Å². The van der Waals surface area contributed by atoms with Gasteiger partial charge < -0.3 is 10.1 Å². The van der Waals surface area contributed by atoms with Crippen LogP contribution in [0.5, 0.6) is 5.75 Å². The molecule has 1 amide bonds. The molecule has 0 aliphatic heterocycles. The number of amides is 1. The van der Waals surface area contributed by atoms with E-state index in [-0.39, 0.29) is 5.91 Å². The van der Waals surface area contributed by atoms with Crippen molar-refractivity contribution in [2.45, 2.75) is 52.0 Å². The quantitative estimate of drug-likeness (QED) is 0.749. The van der Waals surface area contributed by atoms with Crippen LogP contribution in [0.2, 0.25) is 0 Å². The fourth-order valence-electron chi connectivity index (χ4n) is 3.25. The number of rotatable bonds is 8. The number of carbonyl (C=O) groups is 1. The minimum absolute atomic E-state index is 0.102. The Morgan fingerprint density at radius 1 is 1.30 bits per heavy atom. The molecule has 0 atom stereocenters. The summed E-state index contributed by atoms with van der Waals surface area (Å²) in [5.41, 5.74) is 1.18. The third-order valence-electron chi connectivity index (χ3n) is 4.53. The number of nitrogens with one attached hydrogen (secondary N) is 1. The van der Waals surface area contributed by atoms with Gasteiger partial charge in [-0.25, -0.2) is 0 Å². The van der Waals surface area contributed by atoms with Gasteiger partial charge in [-0.2, -0.15) is 0 Å². The highest BCUT2D eigenvalue weighted by Gasteiger charge is 2.21. The van der Waals surface area contributed by atoms with E-state index in [4.69, 9.17) is 4.74 Å². The molecule has 1 aromatic carbocycles. The maximum atomic E-state index is 12.1. The third-order valence-corrected chi connectivity index (χ3v) is 4.53. The summed E-state index contributed by atoms with van der Waals surface area (Å²) in [6, 6.07) is 8.55. The predicted octanol–water partition coefficient (Wildman–Crippen LogP) is 3.14. The fraction of sp³-hybridized carbons (Fsp3) is 0.632. The summed E-state index contributed by atoms with van der Waals surface area (Å²) in [5, 5.41) is 2.97. The monoisotopic (exact) mass is 318 g/mol. The Bertz CT molecular complexity index is 484. The maximum absolute atomic E-state index is 12.1. The molecule has 1 fully saturated rings. The third kappa shape index (κ3) is 6.22. The Hall–Kier alpha value is -1.55. The molecule has 4 nitrogen and oxygen atoms in total. The lowest BCUT2D eigenvalue weighted by molar-refractivity contribution is -0.123. The zero-order chi connectivity index (χ0) is 16.5. The number of likely N-dealkylation sites (N-methyl/N-ethyl adjacent to an activating group) is 1. The van der Waals surface area contributed by atoms with Gasteiger partial charge in [0, 0.05) is 6.04 Å². The number of hydrogen-bond donors (Lipinski definition) is 1. The molecular weight excluding hydrogens is 288 g/mol. The van der Waals surface area contributed by atoms with Crippen LogP contribution in [0, 0.1) is 6.92 Å². The van der Waals surface area contributed by atoms with Crippen molar-refractivity contribution in [2.75, 3.05) is 26.2 Å². The highest BCUT2D eigenvalue weighted by atomic mass is 16.5. The standard InChI is InChI=1S/C19H30N2O2/c1-3-21(17-9-5-4-6-10-17)15-19(22)20-12-13-23-18-11-7-8-16(2)14-18/h7-8,11,14,17H,3-6,9-10,12-13,15H2,1-2H3,(H,20,22). The Kier molecular flexibility index (Phi) is 7.40. The number of aryl methyl sites for hydroxylation is 1. The van der Waals surface area contributed by atoms with Gasteiger partial charge in [-0.05, 0) is 44.0 Å². The van der Waals surface area contributed by atoms with Crippen molar-refractivity contribution in [3.63, 3.8) is 0 Å². The summed E-state index contributed by atoms with van der Waals surface area (Å²) in [7, 11) is 0. The molecule has 0 aromatic heterocycles. The summed E-state index contributed by atoms with van der Waals surface area (Å²) in [6.45, 7) is 6.69.